The van der Waals surface area contributed by atoms with E-state index in [2.05, 4.69) is 20.8 Å². The SMILES string of the molecule is CCCCC(CC(=O)OCC(C)C)(CC(=O)OCC(C)C)C(C)C. The number of carbonyl (C=O) groups is 2. The molecule has 142 valence electrons. The van der Waals surface area contributed by atoms with Crippen LogP contribution in [-0.4, -0.2) is 25.2 Å². The van der Waals surface area contributed by atoms with Crippen molar-refractivity contribution in [3.05, 3.63) is 0 Å². The monoisotopic (exact) mass is 342 g/mol. The van der Waals surface area contributed by atoms with Crippen LogP contribution in [0.2, 0.25) is 0 Å². The second kappa shape index (κ2) is 11.5. The van der Waals surface area contributed by atoms with E-state index in [0.717, 1.165) is 19.3 Å². The molecule has 0 spiro atoms. The first-order chi connectivity index (χ1) is 11.1. The molecular formula is C20H38O4. The van der Waals surface area contributed by atoms with Gasteiger partial charge in [-0.1, -0.05) is 61.3 Å². The fourth-order valence-electron chi connectivity index (χ4n) is 2.66. The summed E-state index contributed by atoms with van der Waals surface area (Å²) < 4.78 is 10.8. The number of unbranched alkanes of at least 4 members (excludes halogenated alkanes) is 1. The zero-order valence-corrected chi connectivity index (χ0v) is 16.8. The molecule has 0 unspecified atom stereocenters. The molecule has 0 atom stereocenters. The van der Waals surface area contributed by atoms with Crippen molar-refractivity contribution in [1.29, 1.82) is 0 Å². The lowest BCUT2D eigenvalue weighted by atomic mass is 9.68. The maximum Gasteiger partial charge on any atom is 0.306 e. The predicted octanol–water partition coefficient (Wildman–Crippen LogP) is 5.00. The smallest absolute Gasteiger partial charge is 0.306 e. The average Bonchev–Trinajstić information content (AvgIpc) is 2.48. The summed E-state index contributed by atoms with van der Waals surface area (Å²) in [6.07, 6.45) is 3.45. The van der Waals surface area contributed by atoms with Crippen LogP contribution in [-0.2, 0) is 19.1 Å². The number of ether oxygens (including phenoxy) is 2. The van der Waals surface area contributed by atoms with E-state index in [4.69, 9.17) is 9.47 Å². The van der Waals surface area contributed by atoms with Gasteiger partial charge in [-0.15, -0.1) is 0 Å². The topological polar surface area (TPSA) is 52.6 Å². The predicted molar refractivity (Wildman–Crippen MR) is 97.6 cm³/mol. The molecule has 0 aliphatic carbocycles. The Morgan fingerprint density at radius 1 is 0.833 bits per heavy atom. The lowest BCUT2D eigenvalue weighted by molar-refractivity contribution is -0.154. The van der Waals surface area contributed by atoms with Crippen molar-refractivity contribution >= 4 is 11.9 Å². The van der Waals surface area contributed by atoms with Crippen LogP contribution in [0.5, 0.6) is 0 Å². The van der Waals surface area contributed by atoms with Crippen molar-refractivity contribution in [3.63, 3.8) is 0 Å². The molecule has 0 aromatic heterocycles. The van der Waals surface area contributed by atoms with Crippen LogP contribution in [0.25, 0.3) is 0 Å². The second-order valence-electron chi connectivity index (χ2n) is 8.13. The quantitative estimate of drug-likeness (QED) is 0.468. The van der Waals surface area contributed by atoms with E-state index in [1.54, 1.807) is 0 Å². The van der Waals surface area contributed by atoms with E-state index >= 15 is 0 Å². The third-order valence-corrected chi connectivity index (χ3v) is 4.40. The molecule has 0 radical (unpaired) electrons. The number of rotatable bonds is 12. The van der Waals surface area contributed by atoms with E-state index in [-0.39, 0.29) is 36.1 Å². The molecule has 0 aromatic carbocycles. The summed E-state index contributed by atoms with van der Waals surface area (Å²) in [5.41, 5.74) is -0.377. The molecule has 0 amide bonds. The third-order valence-electron chi connectivity index (χ3n) is 4.40. The van der Waals surface area contributed by atoms with Crippen molar-refractivity contribution in [2.75, 3.05) is 13.2 Å². The van der Waals surface area contributed by atoms with Gasteiger partial charge in [0.25, 0.3) is 0 Å². The summed E-state index contributed by atoms with van der Waals surface area (Å²) in [7, 11) is 0. The van der Waals surface area contributed by atoms with Crippen molar-refractivity contribution in [1.82, 2.24) is 0 Å². The first kappa shape index (κ1) is 22.9. The summed E-state index contributed by atoms with van der Waals surface area (Å²) in [6.45, 7) is 15.2. The van der Waals surface area contributed by atoms with E-state index in [1.165, 1.54) is 0 Å². The van der Waals surface area contributed by atoms with Gasteiger partial charge in [-0.2, -0.15) is 0 Å². The van der Waals surface area contributed by atoms with Crippen molar-refractivity contribution in [2.45, 2.75) is 80.6 Å². The minimum Gasteiger partial charge on any atom is -0.465 e. The molecule has 0 bridgehead atoms. The summed E-state index contributed by atoms with van der Waals surface area (Å²) in [6, 6.07) is 0. The normalized spacial score (nSPS) is 12.1. The Labute approximate surface area is 148 Å². The number of carbonyl (C=O) groups excluding carboxylic acids is 2. The van der Waals surface area contributed by atoms with E-state index in [9.17, 15) is 9.59 Å². The Bertz CT molecular complexity index is 346. The largest absolute Gasteiger partial charge is 0.465 e. The molecule has 0 rings (SSSR count). The van der Waals surface area contributed by atoms with Gasteiger partial charge >= 0.3 is 11.9 Å². The van der Waals surface area contributed by atoms with Gasteiger partial charge in [-0.05, 0) is 29.6 Å². The van der Waals surface area contributed by atoms with Crippen LogP contribution in [0.1, 0.15) is 80.6 Å². The van der Waals surface area contributed by atoms with Crippen LogP contribution in [0.3, 0.4) is 0 Å². The van der Waals surface area contributed by atoms with E-state index in [0.29, 0.717) is 25.0 Å². The van der Waals surface area contributed by atoms with E-state index in [1.807, 2.05) is 27.7 Å². The highest BCUT2D eigenvalue weighted by Gasteiger charge is 2.39. The van der Waals surface area contributed by atoms with Crippen molar-refractivity contribution in [3.8, 4) is 0 Å². The minimum atomic E-state index is -0.377. The zero-order chi connectivity index (χ0) is 18.8. The van der Waals surface area contributed by atoms with Gasteiger partial charge in [0.1, 0.15) is 0 Å². The molecule has 0 heterocycles. The Morgan fingerprint density at radius 2 is 1.25 bits per heavy atom. The van der Waals surface area contributed by atoms with Crippen molar-refractivity contribution in [2.24, 2.45) is 23.2 Å². The first-order valence-corrected chi connectivity index (χ1v) is 9.44. The van der Waals surface area contributed by atoms with Crippen LogP contribution in [0.4, 0.5) is 0 Å². The van der Waals surface area contributed by atoms with Gasteiger partial charge in [0.15, 0.2) is 0 Å². The van der Waals surface area contributed by atoms with E-state index < -0.39 is 0 Å². The maximum atomic E-state index is 12.3. The highest BCUT2D eigenvalue weighted by Crippen LogP contribution is 2.41. The molecule has 4 heteroatoms. The lowest BCUT2D eigenvalue weighted by Gasteiger charge is -2.36. The molecular weight excluding hydrogens is 304 g/mol. The standard InChI is InChI=1S/C20H38O4/c1-8-9-10-20(17(6)7,11-18(21)23-13-15(2)3)12-19(22)24-14-16(4)5/h15-17H,8-14H2,1-7H3. The first-order valence-electron chi connectivity index (χ1n) is 9.44. The molecule has 4 nitrogen and oxygen atoms in total. The molecule has 0 fully saturated rings. The van der Waals surface area contributed by atoms with Gasteiger partial charge in [0.05, 0.1) is 26.1 Å². The molecule has 0 aromatic rings. The zero-order valence-electron chi connectivity index (χ0n) is 16.8. The number of hydrogen-bond acceptors (Lipinski definition) is 4. The fraction of sp³-hybridized carbons (Fsp3) is 0.900. The Kier molecular flexibility index (Phi) is 11.0. The number of hydrogen-bond donors (Lipinski definition) is 0. The van der Waals surface area contributed by atoms with Gasteiger partial charge < -0.3 is 9.47 Å². The van der Waals surface area contributed by atoms with Gasteiger partial charge in [-0.25, -0.2) is 0 Å². The lowest BCUT2D eigenvalue weighted by Crippen LogP contribution is -2.35. The van der Waals surface area contributed by atoms with Crippen LogP contribution >= 0.6 is 0 Å². The Morgan fingerprint density at radius 3 is 1.54 bits per heavy atom. The molecule has 0 N–H and O–H groups in total. The average molecular weight is 343 g/mol. The highest BCUT2D eigenvalue weighted by atomic mass is 16.5. The second-order valence-corrected chi connectivity index (χ2v) is 8.13. The van der Waals surface area contributed by atoms with Gasteiger partial charge in [0.2, 0.25) is 0 Å². The van der Waals surface area contributed by atoms with Crippen LogP contribution in [0, 0.1) is 23.2 Å². The maximum absolute atomic E-state index is 12.3. The van der Waals surface area contributed by atoms with Gasteiger partial charge in [0, 0.05) is 0 Å². The van der Waals surface area contributed by atoms with Crippen LogP contribution in [0.15, 0.2) is 0 Å². The summed E-state index contributed by atoms with van der Waals surface area (Å²) in [4.78, 5) is 24.6. The molecule has 24 heavy (non-hydrogen) atoms. The Hall–Kier alpha value is -1.06. The molecule has 0 aliphatic heterocycles. The Balaban J connectivity index is 5.03. The molecule has 0 saturated heterocycles. The fourth-order valence-corrected chi connectivity index (χ4v) is 2.66. The highest BCUT2D eigenvalue weighted by molar-refractivity contribution is 5.74. The molecule has 0 aliphatic rings. The van der Waals surface area contributed by atoms with Gasteiger partial charge in [-0.3, -0.25) is 9.59 Å². The summed E-state index contributed by atoms with van der Waals surface area (Å²) in [5.74, 6) is 0.431. The summed E-state index contributed by atoms with van der Waals surface area (Å²) in [5, 5.41) is 0. The minimum absolute atomic E-state index is 0.204. The summed E-state index contributed by atoms with van der Waals surface area (Å²) >= 11 is 0. The number of esters is 2. The van der Waals surface area contributed by atoms with Crippen LogP contribution < -0.4 is 0 Å². The molecule has 0 saturated carbocycles. The third kappa shape index (κ3) is 9.29. The van der Waals surface area contributed by atoms with Crippen molar-refractivity contribution < 1.29 is 19.1 Å².